The van der Waals surface area contributed by atoms with Crippen molar-refractivity contribution >= 4 is 11.6 Å². The fourth-order valence-electron chi connectivity index (χ4n) is 3.58. The fraction of sp³-hybridized carbons (Fsp3) is 0.458. The van der Waals surface area contributed by atoms with Crippen LogP contribution < -0.4 is 14.4 Å². The maximum absolute atomic E-state index is 13.0. The lowest BCUT2D eigenvalue weighted by molar-refractivity contribution is 0.0746. The number of ether oxygens (including phenoxy) is 2. The summed E-state index contributed by atoms with van der Waals surface area (Å²) in [6.07, 6.45) is 0.981. The Morgan fingerprint density at radius 3 is 2.41 bits per heavy atom. The van der Waals surface area contributed by atoms with E-state index in [2.05, 4.69) is 49.9 Å². The summed E-state index contributed by atoms with van der Waals surface area (Å²) >= 11 is 0. The number of para-hydroxylation sites is 1. The lowest BCUT2D eigenvalue weighted by Gasteiger charge is -2.36. The second kappa shape index (κ2) is 9.68. The number of benzene rings is 2. The molecule has 3 rings (SSSR count). The molecule has 1 aliphatic rings. The smallest absolute Gasteiger partial charge is 0.254 e. The van der Waals surface area contributed by atoms with E-state index in [1.807, 2.05) is 17.0 Å². The van der Waals surface area contributed by atoms with Gasteiger partial charge in [0.25, 0.3) is 5.91 Å². The number of amides is 1. The van der Waals surface area contributed by atoms with E-state index in [4.69, 9.17) is 9.47 Å². The van der Waals surface area contributed by atoms with E-state index >= 15 is 0 Å². The zero-order valence-electron chi connectivity index (χ0n) is 18.0. The summed E-state index contributed by atoms with van der Waals surface area (Å²) in [5.41, 5.74) is 3.16. The third kappa shape index (κ3) is 5.22. The molecular weight excluding hydrogens is 364 g/mol. The summed E-state index contributed by atoms with van der Waals surface area (Å²) < 4.78 is 11.3. The highest BCUT2D eigenvalue weighted by atomic mass is 16.5. The molecule has 0 saturated carbocycles. The van der Waals surface area contributed by atoms with Crippen LogP contribution in [0.15, 0.2) is 42.5 Å². The predicted octanol–water partition coefficient (Wildman–Crippen LogP) is 4.39. The minimum Gasteiger partial charge on any atom is -0.493 e. The molecule has 0 unspecified atom stereocenters. The number of nitrogens with zero attached hydrogens (tertiary/aromatic N) is 2. The number of hydrogen-bond donors (Lipinski definition) is 0. The molecule has 5 nitrogen and oxygen atoms in total. The summed E-state index contributed by atoms with van der Waals surface area (Å²) in [4.78, 5) is 17.3. The van der Waals surface area contributed by atoms with Crippen molar-refractivity contribution in [1.29, 1.82) is 0 Å². The van der Waals surface area contributed by atoms with Crippen molar-refractivity contribution in [2.24, 2.45) is 5.92 Å². The molecule has 2 aromatic carbocycles. The monoisotopic (exact) mass is 396 g/mol. The molecule has 1 fully saturated rings. The highest BCUT2D eigenvalue weighted by molar-refractivity contribution is 5.95. The normalized spacial score (nSPS) is 14.2. The third-order valence-corrected chi connectivity index (χ3v) is 5.39. The van der Waals surface area contributed by atoms with Gasteiger partial charge < -0.3 is 19.3 Å². The molecule has 0 N–H and O–H groups in total. The van der Waals surface area contributed by atoms with Gasteiger partial charge in [0, 0.05) is 37.4 Å². The predicted molar refractivity (Wildman–Crippen MR) is 117 cm³/mol. The number of hydrogen-bond acceptors (Lipinski definition) is 4. The maximum atomic E-state index is 13.0. The van der Waals surface area contributed by atoms with Crippen LogP contribution in [0.2, 0.25) is 0 Å². The van der Waals surface area contributed by atoms with E-state index < -0.39 is 0 Å². The Hall–Kier alpha value is -2.69. The minimum atomic E-state index is 0.0430. The van der Waals surface area contributed by atoms with Crippen LogP contribution >= 0.6 is 0 Å². The van der Waals surface area contributed by atoms with Crippen molar-refractivity contribution in [3.63, 3.8) is 0 Å². The van der Waals surface area contributed by atoms with Crippen LogP contribution in [0.5, 0.6) is 11.5 Å². The van der Waals surface area contributed by atoms with Gasteiger partial charge in [-0.25, -0.2) is 0 Å². The van der Waals surface area contributed by atoms with E-state index in [0.717, 1.165) is 19.5 Å². The van der Waals surface area contributed by atoms with Crippen molar-refractivity contribution < 1.29 is 14.3 Å². The first-order valence-corrected chi connectivity index (χ1v) is 10.4. The molecule has 156 valence electrons. The second-order valence-corrected chi connectivity index (χ2v) is 7.96. The molecule has 0 atom stereocenters. The molecule has 1 aliphatic heterocycles. The van der Waals surface area contributed by atoms with Crippen molar-refractivity contribution in [3.05, 3.63) is 53.6 Å². The van der Waals surface area contributed by atoms with Gasteiger partial charge in [-0.3, -0.25) is 4.79 Å². The van der Waals surface area contributed by atoms with Gasteiger partial charge in [-0.1, -0.05) is 32.0 Å². The lowest BCUT2D eigenvalue weighted by atomic mass is 10.1. The lowest BCUT2D eigenvalue weighted by Crippen LogP contribution is -2.49. The highest BCUT2D eigenvalue weighted by Crippen LogP contribution is 2.29. The number of rotatable bonds is 7. The van der Waals surface area contributed by atoms with Gasteiger partial charge in [-0.05, 0) is 49.1 Å². The largest absolute Gasteiger partial charge is 0.493 e. The van der Waals surface area contributed by atoms with Crippen LogP contribution in [0.25, 0.3) is 0 Å². The average Bonchev–Trinajstić information content (AvgIpc) is 2.73. The van der Waals surface area contributed by atoms with Crippen LogP contribution in [-0.4, -0.2) is 50.7 Å². The first-order valence-electron chi connectivity index (χ1n) is 10.4. The summed E-state index contributed by atoms with van der Waals surface area (Å²) in [6.45, 7) is 10.2. The van der Waals surface area contributed by atoms with Gasteiger partial charge in [-0.2, -0.15) is 0 Å². The number of methoxy groups -OCH3 is 1. The van der Waals surface area contributed by atoms with Crippen LogP contribution in [0.4, 0.5) is 5.69 Å². The van der Waals surface area contributed by atoms with E-state index in [0.29, 0.717) is 42.7 Å². The molecule has 29 heavy (non-hydrogen) atoms. The minimum absolute atomic E-state index is 0.0430. The van der Waals surface area contributed by atoms with Crippen LogP contribution in [0.1, 0.15) is 36.2 Å². The molecule has 1 amide bonds. The molecule has 5 heteroatoms. The first-order chi connectivity index (χ1) is 14.0. The topological polar surface area (TPSA) is 42.0 Å². The zero-order chi connectivity index (χ0) is 20.8. The molecule has 1 saturated heterocycles. The Labute approximate surface area is 174 Å². The van der Waals surface area contributed by atoms with Gasteiger partial charge in [0.15, 0.2) is 11.5 Å². The summed E-state index contributed by atoms with van der Waals surface area (Å²) in [7, 11) is 1.61. The molecule has 2 aromatic rings. The average molecular weight is 397 g/mol. The Bertz CT molecular complexity index is 827. The standard InChI is InChI=1S/C24H32N2O3/c1-18(2)11-16-29-22-10-9-20(17-23(22)28-4)24(27)26-14-12-25(13-15-26)21-8-6-5-7-19(21)3/h5-10,17-18H,11-16H2,1-4H3. The molecule has 0 bridgehead atoms. The molecular formula is C24H32N2O3. The quantitative estimate of drug-likeness (QED) is 0.696. The highest BCUT2D eigenvalue weighted by Gasteiger charge is 2.23. The van der Waals surface area contributed by atoms with Gasteiger partial charge in [0.2, 0.25) is 0 Å². The number of aryl methyl sites for hydroxylation is 1. The molecule has 0 aromatic heterocycles. The number of anilines is 1. The second-order valence-electron chi connectivity index (χ2n) is 7.96. The van der Waals surface area contributed by atoms with E-state index in [9.17, 15) is 4.79 Å². The summed E-state index contributed by atoms with van der Waals surface area (Å²) in [5.74, 6) is 1.92. The maximum Gasteiger partial charge on any atom is 0.254 e. The Kier molecular flexibility index (Phi) is 7.02. The molecule has 0 spiro atoms. The van der Waals surface area contributed by atoms with Crippen LogP contribution in [0.3, 0.4) is 0 Å². The molecule has 1 heterocycles. The van der Waals surface area contributed by atoms with Crippen molar-refractivity contribution in [3.8, 4) is 11.5 Å². The van der Waals surface area contributed by atoms with Crippen LogP contribution in [-0.2, 0) is 0 Å². The van der Waals surface area contributed by atoms with Gasteiger partial charge in [0.1, 0.15) is 0 Å². The fourth-order valence-corrected chi connectivity index (χ4v) is 3.58. The number of carbonyl (C=O) groups excluding carboxylic acids is 1. The van der Waals surface area contributed by atoms with Crippen molar-refractivity contribution in [2.75, 3.05) is 44.8 Å². The Morgan fingerprint density at radius 1 is 1.03 bits per heavy atom. The molecule has 0 radical (unpaired) electrons. The van der Waals surface area contributed by atoms with Gasteiger partial charge in [-0.15, -0.1) is 0 Å². The van der Waals surface area contributed by atoms with Gasteiger partial charge in [0.05, 0.1) is 13.7 Å². The Balaban J connectivity index is 1.62. The Morgan fingerprint density at radius 2 is 1.76 bits per heavy atom. The first kappa shape index (κ1) is 21.0. The van der Waals surface area contributed by atoms with E-state index in [1.165, 1.54) is 11.3 Å². The molecule has 0 aliphatic carbocycles. The van der Waals surface area contributed by atoms with E-state index in [-0.39, 0.29) is 5.91 Å². The third-order valence-electron chi connectivity index (χ3n) is 5.39. The zero-order valence-corrected chi connectivity index (χ0v) is 18.0. The summed E-state index contributed by atoms with van der Waals surface area (Å²) in [6, 6.07) is 13.9. The number of carbonyl (C=O) groups is 1. The SMILES string of the molecule is COc1cc(C(=O)N2CCN(c3ccccc3C)CC2)ccc1OCCC(C)C. The van der Waals surface area contributed by atoms with Gasteiger partial charge >= 0.3 is 0 Å². The van der Waals surface area contributed by atoms with Crippen molar-refractivity contribution in [2.45, 2.75) is 27.2 Å². The van der Waals surface area contributed by atoms with Crippen molar-refractivity contribution in [1.82, 2.24) is 4.90 Å². The van der Waals surface area contributed by atoms with Crippen LogP contribution in [0, 0.1) is 12.8 Å². The van der Waals surface area contributed by atoms with E-state index in [1.54, 1.807) is 13.2 Å². The number of piperazine rings is 1. The summed E-state index contributed by atoms with van der Waals surface area (Å²) in [5, 5.41) is 0.